The number of ether oxygens (including phenoxy) is 2. The molecule has 3 N–H and O–H groups in total. The van der Waals surface area contributed by atoms with Gasteiger partial charge in [-0.2, -0.15) is 0 Å². The standard InChI is InChI=1S/C20H26N4O4S/c1-13-17(29-12-22-13)10-28-14-3-4-16-15(9-14)18(19(21)26)23(2)24(16)20(11-25)5-7-27-8-6-20/h3-4,9,12,18,25H,5-8,10-11H2,1-2H3,(H2,21,26). The molecule has 0 radical (unpaired) electrons. The number of amides is 1. The molecule has 4 rings (SSSR count). The van der Waals surface area contributed by atoms with E-state index in [9.17, 15) is 9.90 Å². The maximum absolute atomic E-state index is 12.3. The molecule has 2 aromatic rings. The Hall–Kier alpha value is -2.20. The summed E-state index contributed by atoms with van der Waals surface area (Å²) >= 11 is 1.56. The first-order chi connectivity index (χ1) is 14.0. The van der Waals surface area contributed by atoms with Crippen molar-refractivity contribution in [2.45, 2.75) is 38.0 Å². The number of nitrogens with two attached hydrogens (primary N) is 1. The lowest BCUT2D eigenvalue weighted by atomic mass is 9.89. The second kappa shape index (κ2) is 7.91. The number of primary amides is 1. The van der Waals surface area contributed by atoms with Gasteiger partial charge in [-0.15, -0.1) is 11.3 Å². The molecule has 9 heteroatoms. The topological polar surface area (TPSA) is 101 Å². The second-order valence-corrected chi connectivity index (χ2v) is 8.49. The number of aliphatic hydroxyl groups is 1. The largest absolute Gasteiger partial charge is 0.488 e. The summed E-state index contributed by atoms with van der Waals surface area (Å²) in [6.45, 7) is 3.48. The van der Waals surface area contributed by atoms with Gasteiger partial charge in [0, 0.05) is 25.8 Å². The lowest BCUT2D eigenvalue weighted by Gasteiger charge is -2.48. The SMILES string of the molecule is Cc1ncsc1COc1ccc2c(c1)C(C(N)=O)N(C)N2C1(CO)CCOCC1. The van der Waals surface area contributed by atoms with Crippen LogP contribution in [0.3, 0.4) is 0 Å². The monoisotopic (exact) mass is 418 g/mol. The highest BCUT2D eigenvalue weighted by molar-refractivity contribution is 7.09. The zero-order valence-corrected chi connectivity index (χ0v) is 17.4. The molecule has 0 saturated carbocycles. The molecule has 2 aliphatic rings. The Balaban J connectivity index is 1.67. The van der Waals surface area contributed by atoms with Gasteiger partial charge in [0.1, 0.15) is 18.4 Å². The van der Waals surface area contributed by atoms with Crippen LogP contribution in [0, 0.1) is 6.92 Å². The number of aromatic nitrogens is 1. The molecule has 1 unspecified atom stereocenters. The smallest absolute Gasteiger partial charge is 0.241 e. The average Bonchev–Trinajstić information content (AvgIpc) is 3.26. The number of likely N-dealkylation sites (N-methyl/N-ethyl adjacent to an activating group) is 1. The van der Waals surface area contributed by atoms with E-state index in [2.05, 4.69) is 4.98 Å². The van der Waals surface area contributed by atoms with Gasteiger partial charge in [-0.05, 0) is 38.0 Å². The number of hydrazine groups is 1. The number of benzene rings is 1. The maximum Gasteiger partial charge on any atom is 0.241 e. The van der Waals surface area contributed by atoms with Crippen molar-refractivity contribution in [2.24, 2.45) is 5.73 Å². The van der Waals surface area contributed by atoms with E-state index in [1.165, 1.54) is 0 Å². The van der Waals surface area contributed by atoms with Crippen molar-refractivity contribution in [3.63, 3.8) is 0 Å². The van der Waals surface area contributed by atoms with Gasteiger partial charge < -0.3 is 20.3 Å². The van der Waals surface area contributed by atoms with Gasteiger partial charge in [-0.1, -0.05) is 0 Å². The number of carbonyl (C=O) groups excluding carboxylic acids is 1. The highest BCUT2D eigenvalue weighted by atomic mass is 32.1. The molecule has 1 amide bonds. The van der Waals surface area contributed by atoms with Crippen molar-refractivity contribution in [3.05, 3.63) is 39.8 Å². The normalized spacial score (nSPS) is 21.2. The molecule has 156 valence electrons. The average molecular weight is 419 g/mol. The predicted octanol–water partition coefficient (Wildman–Crippen LogP) is 1.77. The van der Waals surface area contributed by atoms with Gasteiger partial charge in [0.15, 0.2) is 0 Å². The quantitative estimate of drug-likeness (QED) is 0.737. The molecule has 3 heterocycles. The highest BCUT2D eigenvalue weighted by Gasteiger charge is 2.48. The van der Waals surface area contributed by atoms with Crippen molar-refractivity contribution < 1.29 is 19.4 Å². The second-order valence-electron chi connectivity index (χ2n) is 7.56. The van der Waals surface area contributed by atoms with E-state index in [0.29, 0.717) is 38.4 Å². The molecule has 1 aromatic carbocycles. The third-order valence-corrected chi connectivity index (χ3v) is 6.77. The molecule has 8 nitrogen and oxygen atoms in total. The molecule has 1 fully saturated rings. The zero-order valence-electron chi connectivity index (χ0n) is 16.6. The number of fused-ring (bicyclic) bond motifs is 1. The van der Waals surface area contributed by atoms with Gasteiger partial charge in [-0.3, -0.25) is 9.80 Å². The van der Waals surface area contributed by atoms with Gasteiger partial charge in [0.2, 0.25) is 5.91 Å². The van der Waals surface area contributed by atoms with Crippen LogP contribution in [0.4, 0.5) is 5.69 Å². The summed E-state index contributed by atoms with van der Waals surface area (Å²) < 4.78 is 11.5. The molecule has 1 atom stereocenters. The molecule has 2 aliphatic heterocycles. The number of aryl methyl sites for hydroxylation is 1. The first kappa shape index (κ1) is 20.1. The minimum absolute atomic E-state index is 0.0332. The fraction of sp³-hybridized carbons (Fsp3) is 0.500. The van der Waals surface area contributed by atoms with Crippen LogP contribution in [0.2, 0.25) is 0 Å². The van der Waals surface area contributed by atoms with Crippen LogP contribution >= 0.6 is 11.3 Å². The molecular formula is C20H26N4O4S. The minimum atomic E-state index is -0.620. The van der Waals surface area contributed by atoms with Crippen molar-refractivity contribution in [2.75, 3.05) is 31.9 Å². The number of anilines is 1. The fourth-order valence-electron chi connectivity index (χ4n) is 4.25. The number of nitrogens with zero attached hydrogens (tertiary/aromatic N) is 3. The van der Waals surface area contributed by atoms with E-state index in [-0.39, 0.29) is 6.61 Å². The Labute approximate surface area is 173 Å². The van der Waals surface area contributed by atoms with Crippen LogP contribution < -0.4 is 15.5 Å². The number of thiazole rings is 1. The maximum atomic E-state index is 12.3. The molecule has 29 heavy (non-hydrogen) atoms. The fourth-order valence-corrected chi connectivity index (χ4v) is 4.94. The third kappa shape index (κ3) is 3.48. The summed E-state index contributed by atoms with van der Waals surface area (Å²) in [5.74, 6) is 0.231. The Morgan fingerprint density at radius 1 is 1.45 bits per heavy atom. The Bertz CT molecular complexity index is 896. The zero-order chi connectivity index (χ0) is 20.6. The van der Waals surface area contributed by atoms with Crippen LogP contribution in [0.1, 0.15) is 35.0 Å². The van der Waals surface area contributed by atoms with E-state index in [1.54, 1.807) is 16.8 Å². The first-order valence-electron chi connectivity index (χ1n) is 9.63. The van der Waals surface area contributed by atoms with Gasteiger partial charge in [-0.25, -0.2) is 9.99 Å². The number of hydrogen-bond donors (Lipinski definition) is 2. The molecule has 1 saturated heterocycles. The van der Waals surface area contributed by atoms with Crippen LogP contribution in [0.25, 0.3) is 0 Å². The summed E-state index contributed by atoms with van der Waals surface area (Å²) in [5.41, 5.74) is 9.66. The third-order valence-electron chi connectivity index (χ3n) is 5.86. The summed E-state index contributed by atoms with van der Waals surface area (Å²) in [7, 11) is 1.84. The lowest BCUT2D eigenvalue weighted by molar-refractivity contribution is -0.123. The summed E-state index contributed by atoms with van der Waals surface area (Å²) in [6.07, 6.45) is 1.34. The van der Waals surface area contributed by atoms with Crippen LogP contribution in [0.15, 0.2) is 23.7 Å². The number of hydrogen-bond acceptors (Lipinski definition) is 8. The Morgan fingerprint density at radius 2 is 2.21 bits per heavy atom. The summed E-state index contributed by atoms with van der Waals surface area (Å²) in [6, 6.07) is 5.09. The van der Waals surface area contributed by atoms with Crippen molar-refractivity contribution >= 4 is 22.9 Å². The molecule has 0 aliphatic carbocycles. The lowest BCUT2D eigenvalue weighted by Crippen LogP contribution is -2.60. The van der Waals surface area contributed by atoms with Gasteiger partial charge in [0.05, 0.1) is 33.9 Å². The van der Waals surface area contributed by atoms with Crippen molar-refractivity contribution in [3.8, 4) is 5.75 Å². The van der Waals surface area contributed by atoms with E-state index in [4.69, 9.17) is 15.2 Å². The van der Waals surface area contributed by atoms with Crippen LogP contribution in [-0.4, -0.2) is 53.4 Å². The minimum Gasteiger partial charge on any atom is -0.488 e. The van der Waals surface area contributed by atoms with E-state index < -0.39 is 17.5 Å². The summed E-state index contributed by atoms with van der Waals surface area (Å²) in [4.78, 5) is 17.6. The van der Waals surface area contributed by atoms with Crippen LogP contribution in [-0.2, 0) is 16.1 Å². The number of carbonyl (C=O) groups is 1. The van der Waals surface area contributed by atoms with Gasteiger partial charge >= 0.3 is 0 Å². The highest BCUT2D eigenvalue weighted by Crippen LogP contribution is 2.46. The molecular weight excluding hydrogens is 392 g/mol. The van der Waals surface area contributed by atoms with Crippen LogP contribution in [0.5, 0.6) is 5.75 Å². The number of rotatable bonds is 6. The predicted molar refractivity (Wildman–Crippen MR) is 110 cm³/mol. The van der Waals surface area contributed by atoms with E-state index >= 15 is 0 Å². The molecule has 1 aromatic heterocycles. The number of aliphatic hydroxyl groups excluding tert-OH is 1. The van der Waals surface area contributed by atoms with Gasteiger partial charge in [0.25, 0.3) is 0 Å². The first-order valence-corrected chi connectivity index (χ1v) is 10.5. The Kier molecular flexibility index (Phi) is 5.48. The van der Waals surface area contributed by atoms with Crippen molar-refractivity contribution in [1.82, 2.24) is 9.99 Å². The summed E-state index contributed by atoms with van der Waals surface area (Å²) in [5, 5.41) is 14.1. The van der Waals surface area contributed by atoms with E-state index in [1.807, 2.05) is 42.2 Å². The van der Waals surface area contributed by atoms with E-state index in [0.717, 1.165) is 21.8 Å². The molecule has 0 bridgehead atoms. The molecule has 0 spiro atoms. The Morgan fingerprint density at radius 3 is 2.83 bits per heavy atom. The van der Waals surface area contributed by atoms with Crippen molar-refractivity contribution in [1.29, 1.82) is 0 Å².